The van der Waals surface area contributed by atoms with Crippen LogP contribution < -0.4 is 0 Å². The van der Waals surface area contributed by atoms with E-state index in [1.54, 1.807) is 23.9 Å². The number of nitrogens with zero attached hydrogens (tertiary/aromatic N) is 3. The smallest absolute Gasteiger partial charge is 0.238 e. The number of fused-ring (bicyclic) bond motifs is 1. The Hall–Kier alpha value is -1.93. The highest BCUT2D eigenvalue weighted by Gasteiger charge is 2.53. The Morgan fingerprint density at radius 2 is 1.81 bits per heavy atom. The molecule has 3 atom stereocenters. The van der Waals surface area contributed by atoms with Crippen molar-refractivity contribution in [3.8, 4) is 0 Å². The number of rotatable bonds is 4. The van der Waals surface area contributed by atoms with Gasteiger partial charge in [-0.25, -0.2) is 8.42 Å². The summed E-state index contributed by atoms with van der Waals surface area (Å²) in [6.45, 7) is 0.159. The van der Waals surface area contributed by atoms with Crippen molar-refractivity contribution < 1.29 is 18.0 Å². The van der Waals surface area contributed by atoms with Crippen molar-refractivity contribution in [3.63, 3.8) is 0 Å². The SMILES string of the molecule is CN(C)C(=O)[C@@H]1C[C@@H]2CN(S(=O)(=O)C3CC3)CC(=O)N2[C@@H]1c1ccccc1. The molecule has 2 amide bonds. The Balaban J connectivity index is 1.67. The van der Waals surface area contributed by atoms with Crippen molar-refractivity contribution in [3.05, 3.63) is 35.9 Å². The number of amides is 2. The van der Waals surface area contributed by atoms with Gasteiger partial charge in [0.25, 0.3) is 0 Å². The Labute approximate surface area is 160 Å². The molecule has 146 valence electrons. The summed E-state index contributed by atoms with van der Waals surface area (Å²) in [5, 5.41) is -0.331. The Kier molecular flexibility index (Phi) is 4.50. The molecule has 4 rings (SSSR count). The zero-order valence-corrected chi connectivity index (χ0v) is 16.4. The largest absolute Gasteiger partial charge is 0.349 e. The van der Waals surface area contributed by atoms with E-state index >= 15 is 0 Å². The van der Waals surface area contributed by atoms with Crippen LogP contribution in [0, 0.1) is 5.92 Å². The van der Waals surface area contributed by atoms with E-state index in [2.05, 4.69) is 0 Å². The summed E-state index contributed by atoms with van der Waals surface area (Å²) in [6, 6.07) is 8.97. The molecule has 8 heteroatoms. The molecule has 1 saturated carbocycles. The van der Waals surface area contributed by atoms with Crippen molar-refractivity contribution >= 4 is 21.8 Å². The second-order valence-corrected chi connectivity index (χ2v) is 10.1. The topological polar surface area (TPSA) is 78.0 Å². The average Bonchev–Trinajstić information content (AvgIpc) is 3.43. The lowest BCUT2D eigenvalue weighted by atomic mass is 9.92. The molecular formula is C19H25N3O4S. The molecule has 2 heterocycles. The van der Waals surface area contributed by atoms with Gasteiger partial charge in [0.1, 0.15) is 0 Å². The molecule has 1 aliphatic carbocycles. The highest BCUT2D eigenvalue weighted by Crippen LogP contribution is 2.44. The standard InChI is InChI=1S/C19H25N3O4S/c1-20(2)19(24)16-10-14-11-21(27(25,26)15-8-9-15)12-17(23)22(14)18(16)13-6-4-3-5-7-13/h3-7,14-16,18H,8-12H2,1-2H3/t14-,16-,18-/m1/s1. The molecule has 1 aromatic rings. The summed E-state index contributed by atoms with van der Waals surface area (Å²) >= 11 is 0. The van der Waals surface area contributed by atoms with Gasteiger partial charge in [-0.3, -0.25) is 9.59 Å². The first-order valence-electron chi connectivity index (χ1n) is 9.37. The highest BCUT2D eigenvalue weighted by atomic mass is 32.2. The molecule has 3 fully saturated rings. The zero-order valence-electron chi connectivity index (χ0n) is 15.6. The fourth-order valence-electron chi connectivity index (χ4n) is 4.39. The summed E-state index contributed by atoms with van der Waals surface area (Å²) in [5.74, 6) is -0.596. The van der Waals surface area contributed by atoms with E-state index in [1.165, 1.54) is 4.31 Å². The van der Waals surface area contributed by atoms with Gasteiger partial charge in [-0.05, 0) is 24.8 Å². The van der Waals surface area contributed by atoms with Crippen molar-refractivity contribution in [2.24, 2.45) is 5.92 Å². The maximum absolute atomic E-state index is 13.0. The number of benzene rings is 1. The molecule has 0 bridgehead atoms. The summed E-state index contributed by atoms with van der Waals surface area (Å²) in [4.78, 5) is 29.1. The van der Waals surface area contributed by atoms with E-state index in [0.717, 1.165) is 5.56 Å². The van der Waals surface area contributed by atoms with Crippen LogP contribution in [0.1, 0.15) is 30.9 Å². The predicted octanol–water partition coefficient (Wildman–Crippen LogP) is 0.841. The van der Waals surface area contributed by atoms with Crippen molar-refractivity contribution in [1.29, 1.82) is 0 Å². The van der Waals surface area contributed by atoms with Crippen LogP contribution >= 0.6 is 0 Å². The van der Waals surface area contributed by atoms with E-state index in [1.807, 2.05) is 30.3 Å². The van der Waals surface area contributed by atoms with Gasteiger partial charge in [0, 0.05) is 26.7 Å². The molecule has 0 radical (unpaired) electrons. The maximum atomic E-state index is 13.0. The second-order valence-electron chi connectivity index (χ2n) is 7.92. The van der Waals surface area contributed by atoms with Gasteiger partial charge in [-0.15, -0.1) is 0 Å². The summed E-state index contributed by atoms with van der Waals surface area (Å²) in [7, 11) is 0.0252. The molecule has 2 aliphatic heterocycles. The van der Waals surface area contributed by atoms with Gasteiger partial charge in [-0.2, -0.15) is 4.31 Å². The number of hydrogen-bond acceptors (Lipinski definition) is 4. The maximum Gasteiger partial charge on any atom is 0.238 e. The van der Waals surface area contributed by atoms with Crippen LogP contribution in [-0.4, -0.2) is 72.8 Å². The van der Waals surface area contributed by atoms with Crippen LogP contribution in [0.3, 0.4) is 0 Å². The third-order valence-electron chi connectivity index (χ3n) is 5.82. The number of carbonyl (C=O) groups is 2. The molecule has 0 N–H and O–H groups in total. The molecule has 0 spiro atoms. The lowest BCUT2D eigenvalue weighted by Crippen LogP contribution is -2.56. The monoisotopic (exact) mass is 391 g/mol. The molecular weight excluding hydrogens is 366 g/mol. The molecule has 2 saturated heterocycles. The van der Waals surface area contributed by atoms with Crippen LogP contribution in [0.15, 0.2) is 30.3 Å². The van der Waals surface area contributed by atoms with E-state index in [9.17, 15) is 18.0 Å². The van der Waals surface area contributed by atoms with Gasteiger partial charge in [-0.1, -0.05) is 30.3 Å². The van der Waals surface area contributed by atoms with E-state index in [-0.39, 0.29) is 48.2 Å². The fourth-order valence-corrected chi connectivity index (χ4v) is 6.21. The average molecular weight is 391 g/mol. The van der Waals surface area contributed by atoms with Crippen molar-refractivity contribution in [2.75, 3.05) is 27.2 Å². The van der Waals surface area contributed by atoms with E-state index in [0.29, 0.717) is 19.3 Å². The van der Waals surface area contributed by atoms with Crippen LogP contribution in [0.25, 0.3) is 0 Å². The van der Waals surface area contributed by atoms with Crippen LogP contribution in [0.5, 0.6) is 0 Å². The van der Waals surface area contributed by atoms with Gasteiger partial charge in [0.15, 0.2) is 0 Å². The highest BCUT2D eigenvalue weighted by molar-refractivity contribution is 7.90. The molecule has 1 aromatic carbocycles. The quantitative estimate of drug-likeness (QED) is 0.762. The number of piperazine rings is 1. The van der Waals surface area contributed by atoms with E-state index < -0.39 is 10.0 Å². The fraction of sp³-hybridized carbons (Fsp3) is 0.579. The number of hydrogen-bond donors (Lipinski definition) is 0. The molecule has 3 aliphatic rings. The lowest BCUT2D eigenvalue weighted by Gasteiger charge is -2.39. The third-order valence-corrected chi connectivity index (χ3v) is 8.13. The van der Waals surface area contributed by atoms with Crippen LogP contribution in [0.4, 0.5) is 0 Å². The Morgan fingerprint density at radius 1 is 1.15 bits per heavy atom. The molecule has 7 nitrogen and oxygen atoms in total. The van der Waals surface area contributed by atoms with Gasteiger partial charge in [0.05, 0.1) is 23.8 Å². The van der Waals surface area contributed by atoms with Crippen molar-refractivity contribution in [2.45, 2.75) is 36.6 Å². The van der Waals surface area contributed by atoms with Gasteiger partial charge in [0.2, 0.25) is 21.8 Å². The predicted molar refractivity (Wildman–Crippen MR) is 100 cm³/mol. The normalized spacial score (nSPS) is 28.9. The molecule has 0 aromatic heterocycles. The number of sulfonamides is 1. The van der Waals surface area contributed by atoms with Crippen molar-refractivity contribution in [1.82, 2.24) is 14.1 Å². The first-order chi connectivity index (χ1) is 12.8. The third kappa shape index (κ3) is 3.14. The number of carbonyl (C=O) groups excluding carboxylic acids is 2. The Bertz CT molecular complexity index is 851. The van der Waals surface area contributed by atoms with Gasteiger partial charge >= 0.3 is 0 Å². The zero-order chi connectivity index (χ0) is 19.3. The first kappa shape index (κ1) is 18.4. The minimum absolute atomic E-state index is 0.0253. The summed E-state index contributed by atoms with van der Waals surface area (Å²) < 4.78 is 26.6. The van der Waals surface area contributed by atoms with Crippen LogP contribution in [0.2, 0.25) is 0 Å². The first-order valence-corrected chi connectivity index (χ1v) is 10.9. The van der Waals surface area contributed by atoms with Crippen LogP contribution in [-0.2, 0) is 19.6 Å². The summed E-state index contributed by atoms with van der Waals surface area (Å²) in [5.41, 5.74) is 0.923. The van der Waals surface area contributed by atoms with Gasteiger partial charge < -0.3 is 9.80 Å². The minimum Gasteiger partial charge on any atom is -0.349 e. The lowest BCUT2D eigenvalue weighted by molar-refractivity contribution is -0.139. The summed E-state index contributed by atoms with van der Waals surface area (Å²) in [6.07, 6.45) is 1.84. The minimum atomic E-state index is -3.41. The second kappa shape index (κ2) is 6.60. The Morgan fingerprint density at radius 3 is 2.41 bits per heavy atom. The van der Waals surface area contributed by atoms with E-state index in [4.69, 9.17) is 0 Å². The molecule has 0 unspecified atom stereocenters. The molecule has 27 heavy (non-hydrogen) atoms.